The molecule has 1 aliphatic heterocycles. The van der Waals surface area contributed by atoms with Crippen LogP contribution in [-0.4, -0.2) is 18.4 Å². The minimum Gasteiger partial charge on any atom is -0.348 e. The lowest BCUT2D eigenvalue weighted by Crippen LogP contribution is -2.39. The van der Waals surface area contributed by atoms with Gasteiger partial charge in [0.1, 0.15) is 6.54 Å². The third kappa shape index (κ3) is 2.68. The first-order valence-electron chi connectivity index (χ1n) is 9.86. The maximum absolute atomic E-state index is 12.8. The molecule has 1 atom stereocenters. The van der Waals surface area contributed by atoms with Crippen LogP contribution in [0, 0.1) is 0 Å². The molecule has 2 amide bonds. The Hall–Kier alpha value is -3.14. The first-order chi connectivity index (χ1) is 13.6. The number of nitrogens with one attached hydrogen (secondary N) is 1. The summed E-state index contributed by atoms with van der Waals surface area (Å²) in [5.74, 6) is -0.252. The van der Waals surface area contributed by atoms with Crippen molar-refractivity contribution in [1.82, 2.24) is 5.32 Å². The van der Waals surface area contributed by atoms with Crippen molar-refractivity contribution in [2.24, 2.45) is 0 Å². The van der Waals surface area contributed by atoms with E-state index in [4.69, 9.17) is 0 Å². The van der Waals surface area contributed by atoms with Gasteiger partial charge in [0.2, 0.25) is 5.91 Å². The van der Waals surface area contributed by atoms with Crippen LogP contribution >= 0.6 is 0 Å². The summed E-state index contributed by atoms with van der Waals surface area (Å²) in [6, 6.07) is 18.0. The van der Waals surface area contributed by atoms with Crippen molar-refractivity contribution in [2.45, 2.75) is 32.2 Å². The van der Waals surface area contributed by atoms with Crippen LogP contribution < -0.4 is 10.2 Å². The number of carbonyl (C=O) groups excluding carboxylic acids is 2. The molecule has 0 radical (unpaired) electrons. The molecule has 1 N–H and O–H groups in total. The lowest BCUT2D eigenvalue weighted by molar-refractivity contribution is -0.120. The molecule has 1 unspecified atom stereocenters. The van der Waals surface area contributed by atoms with Gasteiger partial charge in [0.05, 0.1) is 11.7 Å². The molecule has 0 spiro atoms. The summed E-state index contributed by atoms with van der Waals surface area (Å²) in [6.45, 7) is 2.03. The molecule has 1 aliphatic carbocycles. The molecule has 1 heterocycles. The van der Waals surface area contributed by atoms with Gasteiger partial charge < -0.3 is 5.32 Å². The van der Waals surface area contributed by atoms with Crippen molar-refractivity contribution >= 4 is 28.3 Å². The summed E-state index contributed by atoms with van der Waals surface area (Å²) in [7, 11) is 0. The first-order valence-corrected chi connectivity index (χ1v) is 9.86. The standard InChI is InChI=1S/C24H22N2O2/c1-15(18-12-11-16-5-2-8-19(16)13-18)25-22(27)14-26-21-10-4-7-17-6-3-9-20(23(17)21)24(26)28/h3-4,6-7,9-13,15H,2,5,8,14H2,1H3,(H,25,27). The van der Waals surface area contributed by atoms with Crippen molar-refractivity contribution in [3.05, 3.63) is 76.9 Å². The van der Waals surface area contributed by atoms with Crippen molar-refractivity contribution in [3.63, 3.8) is 0 Å². The van der Waals surface area contributed by atoms with Gasteiger partial charge >= 0.3 is 0 Å². The van der Waals surface area contributed by atoms with Crippen LogP contribution in [0.25, 0.3) is 10.8 Å². The van der Waals surface area contributed by atoms with Crippen LogP contribution in [0.15, 0.2) is 54.6 Å². The van der Waals surface area contributed by atoms with Crippen LogP contribution in [0.2, 0.25) is 0 Å². The number of carbonyl (C=O) groups is 2. The number of amides is 2. The van der Waals surface area contributed by atoms with E-state index in [0.717, 1.165) is 34.9 Å². The molecule has 28 heavy (non-hydrogen) atoms. The van der Waals surface area contributed by atoms with Crippen molar-refractivity contribution in [1.29, 1.82) is 0 Å². The summed E-state index contributed by atoms with van der Waals surface area (Å²) in [6.07, 6.45) is 3.48. The minimum absolute atomic E-state index is 0.0297. The highest BCUT2D eigenvalue weighted by Gasteiger charge is 2.31. The summed E-state index contributed by atoms with van der Waals surface area (Å²) in [5.41, 5.74) is 5.43. The minimum atomic E-state index is -0.147. The van der Waals surface area contributed by atoms with E-state index in [0.29, 0.717) is 5.56 Å². The molecule has 0 bridgehead atoms. The zero-order valence-electron chi connectivity index (χ0n) is 15.9. The fourth-order valence-electron chi connectivity index (χ4n) is 4.51. The van der Waals surface area contributed by atoms with Crippen molar-refractivity contribution in [2.75, 3.05) is 11.4 Å². The fraction of sp³-hybridized carbons (Fsp3) is 0.250. The molecule has 4 heteroatoms. The highest BCUT2D eigenvalue weighted by Crippen LogP contribution is 2.37. The van der Waals surface area contributed by atoms with Gasteiger partial charge in [-0.05, 0) is 60.4 Å². The van der Waals surface area contributed by atoms with E-state index in [1.165, 1.54) is 17.5 Å². The van der Waals surface area contributed by atoms with Gasteiger partial charge in [0.25, 0.3) is 5.91 Å². The van der Waals surface area contributed by atoms with E-state index >= 15 is 0 Å². The Bertz CT molecular complexity index is 1110. The van der Waals surface area contributed by atoms with Gasteiger partial charge in [-0.2, -0.15) is 0 Å². The molecule has 3 aromatic carbocycles. The maximum Gasteiger partial charge on any atom is 0.259 e. The molecule has 0 saturated heterocycles. The van der Waals surface area contributed by atoms with Gasteiger partial charge in [-0.3, -0.25) is 14.5 Å². The second kappa shape index (κ2) is 6.48. The number of hydrogen-bond donors (Lipinski definition) is 1. The Morgan fingerprint density at radius 3 is 2.71 bits per heavy atom. The van der Waals surface area contributed by atoms with E-state index in [-0.39, 0.29) is 24.4 Å². The number of aryl methyl sites for hydroxylation is 2. The van der Waals surface area contributed by atoms with Crippen LogP contribution in [0.1, 0.15) is 46.4 Å². The average molecular weight is 370 g/mol. The smallest absolute Gasteiger partial charge is 0.259 e. The highest BCUT2D eigenvalue weighted by molar-refractivity contribution is 6.26. The molecule has 0 aromatic heterocycles. The van der Waals surface area contributed by atoms with Gasteiger partial charge in [0, 0.05) is 10.9 Å². The highest BCUT2D eigenvalue weighted by atomic mass is 16.2. The van der Waals surface area contributed by atoms with Gasteiger partial charge in [-0.1, -0.05) is 42.5 Å². The van der Waals surface area contributed by atoms with E-state index in [9.17, 15) is 9.59 Å². The number of benzene rings is 3. The third-order valence-corrected chi connectivity index (χ3v) is 5.95. The molecule has 2 aliphatic rings. The molecular formula is C24H22N2O2. The van der Waals surface area contributed by atoms with Gasteiger partial charge in [0.15, 0.2) is 0 Å². The third-order valence-electron chi connectivity index (χ3n) is 5.95. The summed E-state index contributed by atoms with van der Waals surface area (Å²) >= 11 is 0. The van der Waals surface area contributed by atoms with Crippen molar-refractivity contribution in [3.8, 4) is 0 Å². The zero-order valence-corrected chi connectivity index (χ0v) is 15.9. The van der Waals surface area contributed by atoms with Gasteiger partial charge in [-0.15, -0.1) is 0 Å². The molecule has 0 fully saturated rings. The summed E-state index contributed by atoms with van der Waals surface area (Å²) in [5, 5.41) is 5.03. The number of hydrogen-bond acceptors (Lipinski definition) is 2. The largest absolute Gasteiger partial charge is 0.348 e. The molecule has 5 rings (SSSR count). The monoisotopic (exact) mass is 370 g/mol. The van der Waals surface area contributed by atoms with Crippen molar-refractivity contribution < 1.29 is 9.59 Å². The fourth-order valence-corrected chi connectivity index (χ4v) is 4.51. The van der Waals surface area contributed by atoms with Crippen LogP contribution in [0.5, 0.6) is 0 Å². The lowest BCUT2D eigenvalue weighted by Gasteiger charge is -2.20. The second-order valence-electron chi connectivity index (χ2n) is 7.74. The SMILES string of the molecule is CC(NC(=O)CN1C(=O)c2cccc3cccc1c23)c1ccc2c(c1)CCC2. The van der Waals surface area contributed by atoms with E-state index in [1.807, 2.05) is 43.3 Å². The number of rotatable bonds is 4. The molecule has 140 valence electrons. The predicted octanol–water partition coefficient (Wildman–Crippen LogP) is 4.17. The van der Waals surface area contributed by atoms with Crippen LogP contribution in [0.3, 0.4) is 0 Å². The maximum atomic E-state index is 12.8. The Morgan fingerprint density at radius 1 is 1.07 bits per heavy atom. The Labute approximate surface area is 164 Å². The van der Waals surface area contributed by atoms with E-state index in [2.05, 4.69) is 23.5 Å². The number of nitrogens with zero attached hydrogens (tertiary/aromatic N) is 1. The molecule has 0 saturated carbocycles. The van der Waals surface area contributed by atoms with E-state index < -0.39 is 0 Å². The lowest BCUT2D eigenvalue weighted by atomic mass is 10.0. The average Bonchev–Trinajstić information content (AvgIpc) is 3.27. The van der Waals surface area contributed by atoms with Gasteiger partial charge in [-0.25, -0.2) is 0 Å². The predicted molar refractivity (Wildman–Crippen MR) is 111 cm³/mol. The normalized spacial score (nSPS) is 15.8. The first kappa shape index (κ1) is 17.0. The summed E-state index contributed by atoms with van der Waals surface area (Å²) < 4.78 is 0. The molecule has 3 aromatic rings. The van der Waals surface area contributed by atoms with Crippen LogP contribution in [-0.2, 0) is 17.6 Å². The summed E-state index contributed by atoms with van der Waals surface area (Å²) in [4.78, 5) is 27.2. The zero-order chi connectivity index (χ0) is 19.3. The topological polar surface area (TPSA) is 49.4 Å². The Morgan fingerprint density at radius 2 is 1.86 bits per heavy atom. The quantitative estimate of drug-likeness (QED) is 0.749. The number of fused-ring (bicyclic) bond motifs is 1. The Balaban J connectivity index is 1.34. The number of anilines is 1. The van der Waals surface area contributed by atoms with E-state index in [1.54, 1.807) is 4.90 Å². The molecular weight excluding hydrogens is 348 g/mol. The second-order valence-corrected chi connectivity index (χ2v) is 7.74. The molecule has 4 nitrogen and oxygen atoms in total. The Kier molecular flexibility index (Phi) is 3.93. The van der Waals surface area contributed by atoms with Crippen LogP contribution in [0.4, 0.5) is 5.69 Å².